The molecule has 1 fully saturated rings. The Kier molecular flexibility index (Phi) is 5.23. The van der Waals surface area contributed by atoms with Gasteiger partial charge in [0, 0.05) is 51.4 Å². The second kappa shape index (κ2) is 6.94. The third-order valence-corrected chi connectivity index (χ3v) is 4.00. The summed E-state index contributed by atoms with van der Waals surface area (Å²) < 4.78 is 0. The van der Waals surface area contributed by atoms with Crippen LogP contribution < -0.4 is 10.2 Å². The van der Waals surface area contributed by atoms with Crippen molar-refractivity contribution in [1.82, 2.24) is 10.2 Å². The number of aryl methyl sites for hydroxylation is 1. The predicted octanol–water partition coefficient (Wildman–Crippen LogP) is 2.16. The van der Waals surface area contributed by atoms with Crippen molar-refractivity contribution in [3.05, 3.63) is 29.3 Å². The van der Waals surface area contributed by atoms with Gasteiger partial charge < -0.3 is 15.1 Å². The van der Waals surface area contributed by atoms with Gasteiger partial charge in [-0.25, -0.2) is 0 Å². The molecule has 0 bridgehead atoms. The molecule has 0 saturated carbocycles. The number of anilines is 1. The average Bonchev–Trinajstić information content (AvgIpc) is 2.45. The highest BCUT2D eigenvalue weighted by molar-refractivity contribution is 5.73. The fourth-order valence-electron chi connectivity index (χ4n) is 2.74. The van der Waals surface area contributed by atoms with Crippen LogP contribution in [0.5, 0.6) is 0 Å². The lowest BCUT2D eigenvalue weighted by Crippen LogP contribution is -2.48. The lowest BCUT2D eigenvalue weighted by atomic mass is 10.1. The third kappa shape index (κ3) is 4.21. The molecule has 1 aliphatic rings. The predicted molar refractivity (Wildman–Crippen MR) is 87.6 cm³/mol. The summed E-state index contributed by atoms with van der Waals surface area (Å²) >= 11 is 0. The van der Waals surface area contributed by atoms with Gasteiger partial charge in [0.1, 0.15) is 0 Å². The molecule has 4 nitrogen and oxygen atoms in total. The molecule has 1 aliphatic heterocycles. The van der Waals surface area contributed by atoms with E-state index in [1.807, 2.05) is 4.90 Å². The summed E-state index contributed by atoms with van der Waals surface area (Å²) in [5, 5.41) is 3.50. The van der Waals surface area contributed by atoms with Gasteiger partial charge in [-0.2, -0.15) is 0 Å². The van der Waals surface area contributed by atoms with Crippen molar-refractivity contribution in [2.45, 2.75) is 40.3 Å². The second-order valence-corrected chi connectivity index (χ2v) is 6.16. The van der Waals surface area contributed by atoms with Crippen LogP contribution in [0.3, 0.4) is 0 Å². The molecule has 0 spiro atoms. The molecule has 116 valence electrons. The monoisotopic (exact) mass is 289 g/mol. The molecule has 1 aromatic carbocycles. The number of carbonyl (C=O) groups is 1. The number of rotatable bonds is 4. The zero-order valence-electron chi connectivity index (χ0n) is 13.6. The molecule has 1 heterocycles. The molecule has 4 heteroatoms. The minimum Gasteiger partial charge on any atom is -0.368 e. The van der Waals surface area contributed by atoms with Gasteiger partial charge in [0.05, 0.1) is 0 Å². The quantitative estimate of drug-likeness (QED) is 0.922. The fourth-order valence-corrected chi connectivity index (χ4v) is 2.74. The van der Waals surface area contributed by atoms with Crippen LogP contribution in [0.4, 0.5) is 5.69 Å². The molecule has 0 unspecified atom stereocenters. The Morgan fingerprint density at radius 2 is 1.90 bits per heavy atom. The van der Waals surface area contributed by atoms with Crippen molar-refractivity contribution < 1.29 is 4.79 Å². The normalized spacial score (nSPS) is 15.7. The molecule has 1 saturated heterocycles. The van der Waals surface area contributed by atoms with Gasteiger partial charge >= 0.3 is 0 Å². The Labute approximate surface area is 128 Å². The largest absolute Gasteiger partial charge is 0.368 e. The first kappa shape index (κ1) is 15.8. The summed E-state index contributed by atoms with van der Waals surface area (Å²) in [6.07, 6.45) is 0. The highest BCUT2D eigenvalue weighted by Gasteiger charge is 2.20. The lowest BCUT2D eigenvalue weighted by molar-refractivity contribution is -0.129. The van der Waals surface area contributed by atoms with Crippen molar-refractivity contribution >= 4 is 11.6 Å². The summed E-state index contributed by atoms with van der Waals surface area (Å²) in [7, 11) is 0. The van der Waals surface area contributed by atoms with Gasteiger partial charge in [0.25, 0.3) is 0 Å². The van der Waals surface area contributed by atoms with Crippen molar-refractivity contribution in [3.8, 4) is 0 Å². The van der Waals surface area contributed by atoms with Crippen LogP contribution in [0.15, 0.2) is 18.2 Å². The second-order valence-electron chi connectivity index (χ2n) is 6.16. The minimum atomic E-state index is 0.181. The first-order valence-electron chi connectivity index (χ1n) is 7.80. The van der Waals surface area contributed by atoms with Gasteiger partial charge in [-0.3, -0.25) is 4.79 Å². The fraction of sp³-hybridized carbons (Fsp3) is 0.588. The molecule has 0 radical (unpaired) electrons. The highest BCUT2D eigenvalue weighted by atomic mass is 16.2. The van der Waals surface area contributed by atoms with Crippen molar-refractivity contribution in [3.63, 3.8) is 0 Å². The van der Waals surface area contributed by atoms with Gasteiger partial charge in [0.2, 0.25) is 5.91 Å². The Morgan fingerprint density at radius 3 is 2.48 bits per heavy atom. The number of hydrogen-bond acceptors (Lipinski definition) is 3. The zero-order chi connectivity index (χ0) is 15.4. The Balaban J connectivity index is 2.10. The van der Waals surface area contributed by atoms with E-state index >= 15 is 0 Å². The molecule has 1 N–H and O–H groups in total. The van der Waals surface area contributed by atoms with Crippen molar-refractivity contribution in [2.75, 3.05) is 31.1 Å². The molecular formula is C17H27N3O. The minimum absolute atomic E-state index is 0.181. The van der Waals surface area contributed by atoms with Gasteiger partial charge in [-0.05, 0) is 18.6 Å². The smallest absolute Gasteiger partial charge is 0.219 e. The molecule has 0 aromatic heterocycles. The number of hydrogen-bond donors (Lipinski definition) is 1. The van der Waals surface area contributed by atoms with E-state index in [9.17, 15) is 4.79 Å². The molecule has 0 aliphatic carbocycles. The molecule has 1 aromatic rings. The van der Waals surface area contributed by atoms with Crippen LogP contribution in [0.25, 0.3) is 0 Å². The van der Waals surface area contributed by atoms with Crippen LogP contribution in [0, 0.1) is 6.92 Å². The van der Waals surface area contributed by atoms with Crippen LogP contribution in [0.2, 0.25) is 0 Å². The Hall–Kier alpha value is -1.55. The first-order chi connectivity index (χ1) is 9.97. The number of piperazine rings is 1. The summed E-state index contributed by atoms with van der Waals surface area (Å²) in [4.78, 5) is 15.8. The highest BCUT2D eigenvalue weighted by Crippen LogP contribution is 2.23. The maximum absolute atomic E-state index is 11.4. The summed E-state index contributed by atoms with van der Waals surface area (Å²) in [5.41, 5.74) is 3.94. The average molecular weight is 289 g/mol. The van der Waals surface area contributed by atoms with E-state index in [1.54, 1.807) is 6.92 Å². The van der Waals surface area contributed by atoms with Crippen LogP contribution >= 0.6 is 0 Å². The van der Waals surface area contributed by atoms with Crippen LogP contribution in [0.1, 0.15) is 31.9 Å². The molecule has 2 rings (SSSR count). The lowest BCUT2D eigenvalue weighted by Gasteiger charge is -2.36. The molecular weight excluding hydrogens is 262 g/mol. The summed E-state index contributed by atoms with van der Waals surface area (Å²) in [6.45, 7) is 12.5. The number of nitrogens with one attached hydrogen (secondary N) is 1. The Bertz CT molecular complexity index is 491. The van der Waals surface area contributed by atoms with Crippen LogP contribution in [-0.4, -0.2) is 43.0 Å². The van der Waals surface area contributed by atoms with Gasteiger partial charge in [-0.1, -0.05) is 31.5 Å². The topological polar surface area (TPSA) is 35.6 Å². The molecule has 1 amide bonds. The maximum Gasteiger partial charge on any atom is 0.219 e. The third-order valence-electron chi connectivity index (χ3n) is 4.00. The summed E-state index contributed by atoms with van der Waals surface area (Å²) in [6, 6.07) is 7.14. The molecule has 0 atom stereocenters. The number of carbonyl (C=O) groups excluding carboxylic acids is 1. The van der Waals surface area contributed by atoms with E-state index in [2.05, 4.69) is 49.2 Å². The summed E-state index contributed by atoms with van der Waals surface area (Å²) in [5.74, 6) is 0.181. The standard InChI is InChI=1S/C17H27N3O/c1-13(2)18-12-16-11-14(3)5-6-17(16)20-9-7-19(8-10-20)15(4)21/h5-6,11,13,18H,7-10,12H2,1-4H3. The van der Waals surface area contributed by atoms with Crippen LogP contribution in [-0.2, 0) is 11.3 Å². The van der Waals surface area contributed by atoms with E-state index in [4.69, 9.17) is 0 Å². The Morgan fingerprint density at radius 1 is 1.24 bits per heavy atom. The SMILES string of the molecule is CC(=O)N1CCN(c2ccc(C)cc2CNC(C)C)CC1. The van der Waals surface area contributed by atoms with Crippen molar-refractivity contribution in [1.29, 1.82) is 0 Å². The van der Waals surface area contributed by atoms with Gasteiger partial charge in [-0.15, -0.1) is 0 Å². The van der Waals surface area contributed by atoms with E-state index in [1.165, 1.54) is 16.8 Å². The van der Waals surface area contributed by atoms with E-state index < -0.39 is 0 Å². The first-order valence-corrected chi connectivity index (χ1v) is 7.80. The van der Waals surface area contributed by atoms with E-state index in [0.29, 0.717) is 6.04 Å². The van der Waals surface area contributed by atoms with Gasteiger partial charge in [0.15, 0.2) is 0 Å². The van der Waals surface area contributed by atoms with Crippen molar-refractivity contribution in [2.24, 2.45) is 0 Å². The number of nitrogens with zero attached hydrogens (tertiary/aromatic N) is 2. The zero-order valence-corrected chi connectivity index (χ0v) is 13.6. The number of amides is 1. The van der Waals surface area contributed by atoms with E-state index in [-0.39, 0.29) is 5.91 Å². The molecule has 21 heavy (non-hydrogen) atoms. The number of benzene rings is 1. The maximum atomic E-state index is 11.4. The van der Waals surface area contributed by atoms with E-state index in [0.717, 1.165) is 32.7 Å².